The molecule has 0 radical (unpaired) electrons. The van der Waals surface area contributed by atoms with Crippen molar-refractivity contribution in [3.63, 3.8) is 0 Å². The van der Waals surface area contributed by atoms with E-state index in [1.54, 1.807) is 0 Å². The van der Waals surface area contributed by atoms with Gasteiger partial charge in [0.1, 0.15) is 0 Å². The van der Waals surface area contributed by atoms with Gasteiger partial charge in [-0.1, -0.05) is 19.3 Å². The zero-order chi connectivity index (χ0) is 11.1. The molecule has 0 bridgehead atoms. The third kappa shape index (κ3) is 6.87. The lowest BCUT2D eigenvalue weighted by Gasteiger charge is -2.21. The molecule has 1 aliphatic rings. The van der Waals surface area contributed by atoms with E-state index in [9.17, 15) is 8.42 Å². The zero-order valence-electron chi connectivity index (χ0n) is 9.15. The quantitative estimate of drug-likeness (QED) is 0.705. The van der Waals surface area contributed by atoms with Gasteiger partial charge in [-0.3, -0.25) is 0 Å². The summed E-state index contributed by atoms with van der Waals surface area (Å²) in [5, 5.41) is 4.88. The summed E-state index contributed by atoms with van der Waals surface area (Å²) in [6, 6.07) is 0. The monoisotopic (exact) mass is 235 g/mol. The molecule has 0 unspecified atom stereocenters. The summed E-state index contributed by atoms with van der Waals surface area (Å²) in [5.74, 6) is 0.714. The highest BCUT2D eigenvalue weighted by atomic mass is 32.2. The molecule has 4 nitrogen and oxygen atoms in total. The predicted molar refractivity (Wildman–Crippen MR) is 60.0 cm³/mol. The molecule has 0 amide bonds. The molecule has 0 heterocycles. The van der Waals surface area contributed by atoms with Crippen molar-refractivity contribution in [2.75, 3.05) is 19.0 Å². The van der Waals surface area contributed by atoms with E-state index in [0.717, 1.165) is 6.61 Å². The van der Waals surface area contributed by atoms with Gasteiger partial charge >= 0.3 is 0 Å². The summed E-state index contributed by atoms with van der Waals surface area (Å²) in [7, 11) is -3.31. The summed E-state index contributed by atoms with van der Waals surface area (Å²) in [4.78, 5) is 0. The van der Waals surface area contributed by atoms with Gasteiger partial charge in [0, 0.05) is 13.2 Å². The van der Waals surface area contributed by atoms with Crippen molar-refractivity contribution < 1.29 is 13.2 Å². The van der Waals surface area contributed by atoms with E-state index in [1.165, 1.54) is 32.1 Å². The van der Waals surface area contributed by atoms with Crippen molar-refractivity contribution in [1.82, 2.24) is 0 Å². The van der Waals surface area contributed by atoms with Crippen LogP contribution in [0.25, 0.3) is 0 Å². The minimum absolute atomic E-state index is 0.0255. The molecule has 5 heteroatoms. The Balaban J connectivity index is 1.96. The van der Waals surface area contributed by atoms with E-state index in [-0.39, 0.29) is 5.75 Å². The number of hydrogen-bond acceptors (Lipinski definition) is 3. The summed E-state index contributed by atoms with van der Waals surface area (Å²) in [5.41, 5.74) is 0. The first-order valence-electron chi connectivity index (χ1n) is 5.66. The first kappa shape index (κ1) is 12.9. The number of primary sulfonamides is 1. The third-order valence-electron chi connectivity index (χ3n) is 2.80. The van der Waals surface area contributed by atoms with Crippen LogP contribution in [0.15, 0.2) is 0 Å². The lowest BCUT2D eigenvalue weighted by atomic mass is 9.90. The van der Waals surface area contributed by atoms with Crippen LogP contribution < -0.4 is 5.14 Å². The van der Waals surface area contributed by atoms with E-state index >= 15 is 0 Å². The van der Waals surface area contributed by atoms with Crippen molar-refractivity contribution in [3.05, 3.63) is 0 Å². The highest BCUT2D eigenvalue weighted by Crippen LogP contribution is 2.23. The van der Waals surface area contributed by atoms with Crippen LogP contribution in [0.2, 0.25) is 0 Å². The third-order valence-corrected chi connectivity index (χ3v) is 3.65. The van der Waals surface area contributed by atoms with Gasteiger partial charge in [0.05, 0.1) is 5.75 Å². The largest absolute Gasteiger partial charge is 0.381 e. The Morgan fingerprint density at radius 1 is 1.20 bits per heavy atom. The molecular formula is C10H21NO3S. The van der Waals surface area contributed by atoms with Crippen molar-refractivity contribution in [2.24, 2.45) is 11.1 Å². The van der Waals surface area contributed by atoms with E-state index in [0.29, 0.717) is 18.9 Å². The van der Waals surface area contributed by atoms with Gasteiger partial charge in [-0.25, -0.2) is 13.6 Å². The van der Waals surface area contributed by atoms with Crippen LogP contribution in [0.4, 0.5) is 0 Å². The van der Waals surface area contributed by atoms with Gasteiger partial charge in [-0.15, -0.1) is 0 Å². The van der Waals surface area contributed by atoms with Crippen LogP contribution in [0.1, 0.15) is 38.5 Å². The average molecular weight is 235 g/mol. The molecular weight excluding hydrogens is 214 g/mol. The maximum atomic E-state index is 10.6. The molecule has 1 aliphatic carbocycles. The van der Waals surface area contributed by atoms with Crippen LogP contribution >= 0.6 is 0 Å². The first-order valence-corrected chi connectivity index (χ1v) is 7.38. The molecule has 1 fully saturated rings. The maximum Gasteiger partial charge on any atom is 0.209 e. The van der Waals surface area contributed by atoms with E-state index in [1.807, 2.05) is 0 Å². The number of nitrogens with two attached hydrogens (primary N) is 1. The summed E-state index contributed by atoms with van der Waals surface area (Å²) >= 11 is 0. The summed E-state index contributed by atoms with van der Waals surface area (Å²) in [6.07, 6.45) is 6.99. The van der Waals surface area contributed by atoms with Crippen LogP contribution in [0.5, 0.6) is 0 Å². The van der Waals surface area contributed by atoms with Gasteiger partial charge < -0.3 is 4.74 Å². The van der Waals surface area contributed by atoms with Crippen LogP contribution in [0.3, 0.4) is 0 Å². The number of rotatable bonds is 6. The fourth-order valence-electron chi connectivity index (χ4n) is 1.97. The first-order chi connectivity index (χ1) is 7.08. The Morgan fingerprint density at radius 3 is 2.47 bits per heavy atom. The number of ether oxygens (including phenoxy) is 1. The Bertz CT molecular complexity index is 258. The average Bonchev–Trinajstić information content (AvgIpc) is 2.17. The maximum absolute atomic E-state index is 10.6. The van der Waals surface area contributed by atoms with E-state index in [2.05, 4.69) is 0 Å². The van der Waals surface area contributed by atoms with Crippen LogP contribution in [-0.4, -0.2) is 27.4 Å². The summed E-state index contributed by atoms with van der Waals surface area (Å²) in [6.45, 7) is 1.29. The number of hydrogen-bond donors (Lipinski definition) is 1. The second-order valence-electron chi connectivity index (χ2n) is 4.30. The Labute approximate surface area is 92.2 Å². The molecule has 0 saturated heterocycles. The Kier molecular flexibility index (Phi) is 5.56. The summed E-state index contributed by atoms with van der Waals surface area (Å²) < 4.78 is 26.7. The van der Waals surface area contributed by atoms with Crippen molar-refractivity contribution in [3.8, 4) is 0 Å². The standard InChI is InChI=1S/C10H21NO3S/c11-15(12,13)8-4-7-14-9-10-5-2-1-3-6-10/h10H,1-9H2,(H2,11,12,13). The van der Waals surface area contributed by atoms with Crippen molar-refractivity contribution in [2.45, 2.75) is 38.5 Å². The Hall–Kier alpha value is -0.130. The molecule has 2 N–H and O–H groups in total. The molecule has 0 spiro atoms. The fraction of sp³-hybridized carbons (Fsp3) is 1.00. The van der Waals surface area contributed by atoms with Gasteiger partial charge in [-0.05, 0) is 25.2 Å². The van der Waals surface area contributed by atoms with Crippen molar-refractivity contribution in [1.29, 1.82) is 0 Å². The minimum Gasteiger partial charge on any atom is -0.381 e. The highest BCUT2D eigenvalue weighted by molar-refractivity contribution is 7.89. The van der Waals surface area contributed by atoms with Crippen LogP contribution in [-0.2, 0) is 14.8 Å². The minimum atomic E-state index is -3.31. The second-order valence-corrected chi connectivity index (χ2v) is 6.03. The Morgan fingerprint density at radius 2 is 1.87 bits per heavy atom. The fourth-order valence-corrected chi connectivity index (χ4v) is 2.49. The number of sulfonamides is 1. The molecule has 0 aliphatic heterocycles. The predicted octanol–water partition coefficient (Wildman–Crippen LogP) is 1.26. The molecule has 1 saturated carbocycles. The topological polar surface area (TPSA) is 69.4 Å². The van der Waals surface area contributed by atoms with Crippen molar-refractivity contribution >= 4 is 10.0 Å². The van der Waals surface area contributed by atoms with Gasteiger partial charge in [0.2, 0.25) is 10.0 Å². The molecule has 15 heavy (non-hydrogen) atoms. The molecule has 0 atom stereocenters. The highest BCUT2D eigenvalue weighted by Gasteiger charge is 2.13. The molecule has 0 aromatic carbocycles. The molecule has 90 valence electrons. The zero-order valence-corrected chi connectivity index (χ0v) is 9.97. The SMILES string of the molecule is NS(=O)(=O)CCCOCC1CCCCC1. The molecule has 0 aromatic heterocycles. The normalized spacial score (nSPS) is 19.3. The van der Waals surface area contributed by atoms with Gasteiger partial charge in [-0.2, -0.15) is 0 Å². The van der Waals surface area contributed by atoms with Gasteiger partial charge in [0.15, 0.2) is 0 Å². The van der Waals surface area contributed by atoms with Crippen LogP contribution in [0, 0.1) is 5.92 Å². The lowest BCUT2D eigenvalue weighted by molar-refractivity contribution is 0.0860. The van der Waals surface area contributed by atoms with E-state index < -0.39 is 10.0 Å². The molecule has 1 rings (SSSR count). The van der Waals surface area contributed by atoms with Gasteiger partial charge in [0.25, 0.3) is 0 Å². The lowest BCUT2D eigenvalue weighted by Crippen LogP contribution is -2.19. The molecule has 0 aromatic rings. The second kappa shape index (κ2) is 6.45. The smallest absolute Gasteiger partial charge is 0.209 e. The van der Waals surface area contributed by atoms with E-state index in [4.69, 9.17) is 9.88 Å².